The van der Waals surface area contributed by atoms with Crippen LogP contribution in [0, 0.1) is 6.92 Å². The normalized spacial score (nSPS) is 12.3. The number of hydrogen-bond acceptors (Lipinski definition) is 3. The highest BCUT2D eigenvalue weighted by molar-refractivity contribution is 5.78. The van der Waals surface area contributed by atoms with E-state index in [9.17, 15) is 0 Å². The highest BCUT2D eigenvalue weighted by Crippen LogP contribution is 2.25. The molecule has 0 saturated heterocycles. The van der Waals surface area contributed by atoms with Gasteiger partial charge in [-0.25, -0.2) is 4.98 Å². The average Bonchev–Trinajstić information content (AvgIpc) is 2.93. The molecule has 0 aliphatic heterocycles. The summed E-state index contributed by atoms with van der Waals surface area (Å²) in [6, 6.07) is 13.7. The van der Waals surface area contributed by atoms with Crippen LogP contribution in [0.4, 0.5) is 0 Å². The lowest BCUT2D eigenvalue weighted by Gasteiger charge is -2.13. The van der Waals surface area contributed by atoms with Crippen LogP contribution in [0.2, 0.25) is 0 Å². The molecule has 3 rings (SSSR count). The van der Waals surface area contributed by atoms with Gasteiger partial charge in [0.05, 0.1) is 18.1 Å². The van der Waals surface area contributed by atoms with Crippen LogP contribution in [0.25, 0.3) is 11.0 Å². The molecule has 108 valence electrons. The Kier molecular flexibility index (Phi) is 3.52. The summed E-state index contributed by atoms with van der Waals surface area (Å²) in [5, 5.41) is 0. The third-order valence-electron chi connectivity index (χ3n) is 3.47. The molecule has 4 nitrogen and oxygen atoms in total. The average molecular weight is 282 g/mol. The number of hydrogen-bond donors (Lipinski definition) is 1. The van der Waals surface area contributed by atoms with Gasteiger partial charge in [0.2, 0.25) is 0 Å². The summed E-state index contributed by atoms with van der Waals surface area (Å²) in [4.78, 5) is 7.96. The molecule has 1 N–H and O–H groups in total. The van der Waals surface area contributed by atoms with Crippen LogP contribution < -0.4 is 9.47 Å². The van der Waals surface area contributed by atoms with E-state index < -0.39 is 0 Å². The number of nitrogens with one attached hydrogen (secondary N) is 1. The van der Waals surface area contributed by atoms with E-state index in [4.69, 9.17) is 9.47 Å². The second-order valence-electron chi connectivity index (χ2n) is 5.03. The summed E-state index contributed by atoms with van der Waals surface area (Å²) in [6.07, 6.45) is -0.163. The minimum absolute atomic E-state index is 0.163. The van der Waals surface area contributed by atoms with Gasteiger partial charge in [0.15, 0.2) is 6.10 Å². The van der Waals surface area contributed by atoms with Gasteiger partial charge in [0.25, 0.3) is 0 Å². The lowest BCUT2D eigenvalue weighted by Crippen LogP contribution is -2.05. The molecule has 4 heteroatoms. The first kappa shape index (κ1) is 13.5. The maximum atomic E-state index is 5.94. The molecule has 1 heterocycles. The number of rotatable bonds is 4. The summed E-state index contributed by atoms with van der Waals surface area (Å²) in [5.41, 5.74) is 3.18. The number of fused-ring (bicyclic) bond motifs is 1. The Morgan fingerprint density at radius 1 is 1.10 bits per heavy atom. The maximum Gasteiger partial charge on any atom is 0.153 e. The van der Waals surface area contributed by atoms with Gasteiger partial charge in [-0.05, 0) is 37.6 Å². The number of methoxy groups -OCH3 is 1. The highest BCUT2D eigenvalue weighted by atomic mass is 16.5. The largest absolute Gasteiger partial charge is 0.497 e. The van der Waals surface area contributed by atoms with Crippen LogP contribution in [-0.4, -0.2) is 17.1 Å². The maximum absolute atomic E-state index is 5.94. The molecule has 0 fully saturated rings. The first-order valence-corrected chi connectivity index (χ1v) is 6.93. The Hall–Kier alpha value is -2.49. The van der Waals surface area contributed by atoms with Crippen molar-refractivity contribution >= 4 is 11.0 Å². The van der Waals surface area contributed by atoms with Crippen LogP contribution in [0.1, 0.15) is 24.4 Å². The summed E-state index contributed by atoms with van der Waals surface area (Å²) < 4.78 is 11.1. The first-order valence-electron chi connectivity index (χ1n) is 6.93. The Morgan fingerprint density at radius 3 is 2.62 bits per heavy atom. The minimum atomic E-state index is -0.163. The minimum Gasteiger partial charge on any atom is -0.497 e. The number of imidazole rings is 1. The van der Waals surface area contributed by atoms with Crippen molar-refractivity contribution in [3.05, 3.63) is 53.9 Å². The van der Waals surface area contributed by atoms with E-state index in [1.807, 2.05) is 43.3 Å². The number of nitrogens with zero attached hydrogens (tertiary/aromatic N) is 1. The Bertz CT molecular complexity index is 764. The summed E-state index contributed by atoms with van der Waals surface area (Å²) in [7, 11) is 1.64. The van der Waals surface area contributed by atoms with E-state index in [0.29, 0.717) is 0 Å². The van der Waals surface area contributed by atoms with Crippen molar-refractivity contribution in [1.29, 1.82) is 0 Å². The smallest absolute Gasteiger partial charge is 0.153 e. The fourth-order valence-corrected chi connectivity index (χ4v) is 2.32. The van der Waals surface area contributed by atoms with Crippen LogP contribution in [0.5, 0.6) is 11.5 Å². The van der Waals surface area contributed by atoms with E-state index in [1.165, 1.54) is 0 Å². The molecule has 0 saturated carbocycles. The van der Waals surface area contributed by atoms with Gasteiger partial charge >= 0.3 is 0 Å². The number of H-pyrrole nitrogens is 1. The highest BCUT2D eigenvalue weighted by Gasteiger charge is 2.13. The van der Waals surface area contributed by atoms with Crippen molar-refractivity contribution in [3.8, 4) is 11.5 Å². The fraction of sp³-hybridized carbons (Fsp3) is 0.235. The van der Waals surface area contributed by atoms with Gasteiger partial charge in [-0.3, -0.25) is 0 Å². The number of aryl methyl sites for hydroxylation is 1. The van der Waals surface area contributed by atoms with Gasteiger partial charge < -0.3 is 14.5 Å². The van der Waals surface area contributed by atoms with Crippen molar-refractivity contribution < 1.29 is 9.47 Å². The predicted molar refractivity (Wildman–Crippen MR) is 82.9 cm³/mol. The zero-order valence-electron chi connectivity index (χ0n) is 12.4. The lowest BCUT2D eigenvalue weighted by atomic mass is 10.2. The number of ether oxygens (including phenoxy) is 2. The number of aromatic amines is 1. The molecular formula is C17H18N2O2. The standard InChI is InChI=1S/C17H18N2O2/c1-11-6-4-9-15-16(11)19-17(18-15)12(2)21-14-8-5-7-13(10-14)20-3/h4-10,12H,1-3H3,(H,18,19). The summed E-state index contributed by atoms with van der Waals surface area (Å²) >= 11 is 0. The molecule has 0 radical (unpaired) electrons. The van der Waals surface area contributed by atoms with Crippen LogP contribution >= 0.6 is 0 Å². The number of para-hydroxylation sites is 1. The topological polar surface area (TPSA) is 47.1 Å². The van der Waals surface area contributed by atoms with Crippen molar-refractivity contribution in [2.45, 2.75) is 20.0 Å². The fourth-order valence-electron chi connectivity index (χ4n) is 2.32. The third-order valence-corrected chi connectivity index (χ3v) is 3.47. The quantitative estimate of drug-likeness (QED) is 0.786. The molecule has 0 amide bonds. The van der Waals surface area contributed by atoms with Crippen molar-refractivity contribution in [3.63, 3.8) is 0 Å². The predicted octanol–water partition coefficient (Wildman–Crippen LogP) is 4.02. The molecule has 1 atom stereocenters. The third kappa shape index (κ3) is 2.70. The van der Waals surface area contributed by atoms with E-state index in [-0.39, 0.29) is 6.10 Å². The van der Waals surface area contributed by atoms with E-state index in [1.54, 1.807) is 7.11 Å². The van der Waals surface area contributed by atoms with Gasteiger partial charge in [0.1, 0.15) is 17.3 Å². The molecule has 1 unspecified atom stereocenters. The monoisotopic (exact) mass is 282 g/mol. The second-order valence-corrected chi connectivity index (χ2v) is 5.03. The van der Waals surface area contributed by atoms with E-state index >= 15 is 0 Å². The Morgan fingerprint density at radius 2 is 1.86 bits per heavy atom. The SMILES string of the molecule is COc1cccc(OC(C)c2nc3c(C)cccc3[nH]2)c1. The van der Waals surface area contributed by atoms with E-state index in [0.717, 1.165) is 33.9 Å². The molecule has 2 aromatic carbocycles. The number of benzene rings is 2. The zero-order valence-corrected chi connectivity index (χ0v) is 12.4. The first-order chi connectivity index (χ1) is 10.2. The van der Waals surface area contributed by atoms with Gasteiger partial charge in [-0.1, -0.05) is 18.2 Å². The van der Waals surface area contributed by atoms with Crippen LogP contribution in [-0.2, 0) is 0 Å². The molecule has 1 aromatic heterocycles. The summed E-state index contributed by atoms with van der Waals surface area (Å²) in [5.74, 6) is 2.36. The molecule has 0 bridgehead atoms. The summed E-state index contributed by atoms with van der Waals surface area (Å²) in [6.45, 7) is 4.03. The van der Waals surface area contributed by atoms with Gasteiger partial charge in [0, 0.05) is 6.07 Å². The van der Waals surface area contributed by atoms with Crippen molar-refractivity contribution in [1.82, 2.24) is 9.97 Å². The second kappa shape index (κ2) is 5.48. The molecule has 0 aliphatic rings. The molecule has 0 spiro atoms. The molecule has 0 aliphatic carbocycles. The van der Waals surface area contributed by atoms with Crippen molar-refractivity contribution in [2.24, 2.45) is 0 Å². The molecular weight excluding hydrogens is 264 g/mol. The Labute approximate surface area is 123 Å². The van der Waals surface area contributed by atoms with Gasteiger partial charge in [-0.2, -0.15) is 0 Å². The van der Waals surface area contributed by atoms with Crippen molar-refractivity contribution in [2.75, 3.05) is 7.11 Å². The lowest BCUT2D eigenvalue weighted by molar-refractivity contribution is 0.217. The molecule has 21 heavy (non-hydrogen) atoms. The molecule has 3 aromatic rings. The zero-order chi connectivity index (χ0) is 14.8. The van der Waals surface area contributed by atoms with Crippen LogP contribution in [0.15, 0.2) is 42.5 Å². The Balaban J connectivity index is 1.86. The van der Waals surface area contributed by atoms with E-state index in [2.05, 4.69) is 23.0 Å². The van der Waals surface area contributed by atoms with Gasteiger partial charge in [-0.15, -0.1) is 0 Å². The number of aromatic nitrogens is 2. The van der Waals surface area contributed by atoms with Crippen LogP contribution in [0.3, 0.4) is 0 Å².